The molecule has 0 aliphatic heterocycles. The molecular formula is C71H130NO8P. The molecule has 0 amide bonds. The Bertz CT molecular complexity index is 1560. The molecule has 2 unspecified atom stereocenters. The first-order valence-electron chi connectivity index (χ1n) is 34.4. The highest BCUT2D eigenvalue weighted by Gasteiger charge is 2.26. The van der Waals surface area contributed by atoms with Gasteiger partial charge in [-0.25, -0.2) is 4.57 Å². The molecule has 0 radical (unpaired) electrons. The van der Waals surface area contributed by atoms with Crippen LogP contribution in [0.3, 0.4) is 0 Å². The minimum atomic E-state index is -4.40. The van der Waals surface area contributed by atoms with Crippen LogP contribution in [0.4, 0.5) is 0 Å². The summed E-state index contributed by atoms with van der Waals surface area (Å²) in [7, 11) is -4.40. The van der Waals surface area contributed by atoms with Crippen molar-refractivity contribution in [2.75, 3.05) is 26.4 Å². The van der Waals surface area contributed by atoms with Crippen molar-refractivity contribution in [1.82, 2.24) is 0 Å². The van der Waals surface area contributed by atoms with Crippen molar-refractivity contribution in [1.29, 1.82) is 0 Å². The summed E-state index contributed by atoms with van der Waals surface area (Å²) in [6.07, 6.45) is 87.2. The van der Waals surface area contributed by atoms with Gasteiger partial charge in [-0.15, -0.1) is 0 Å². The van der Waals surface area contributed by atoms with Gasteiger partial charge in [-0.1, -0.05) is 331 Å². The number of hydrogen-bond donors (Lipinski definition) is 2. The van der Waals surface area contributed by atoms with Crippen LogP contribution in [0, 0.1) is 0 Å². The lowest BCUT2D eigenvalue weighted by Gasteiger charge is -2.19. The smallest absolute Gasteiger partial charge is 0.462 e. The Balaban J connectivity index is 3.85. The molecule has 9 nitrogen and oxygen atoms in total. The van der Waals surface area contributed by atoms with Crippen molar-refractivity contribution in [2.24, 2.45) is 5.73 Å². The van der Waals surface area contributed by atoms with Crippen LogP contribution in [0.2, 0.25) is 0 Å². The van der Waals surface area contributed by atoms with Crippen LogP contribution in [0.25, 0.3) is 0 Å². The minimum absolute atomic E-state index is 0.0488. The maximum absolute atomic E-state index is 12.7. The van der Waals surface area contributed by atoms with E-state index in [1.54, 1.807) is 0 Å². The molecule has 0 aromatic rings. The monoisotopic (exact) mass is 1160 g/mol. The van der Waals surface area contributed by atoms with E-state index in [2.05, 4.69) is 86.8 Å². The van der Waals surface area contributed by atoms with Crippen molar-refractivity contribution in [3.8, 4) is 0 Å². The Morgan fingerprint density at radius 2 is 0.679 bits per heavy atom. The number of carbonyl (C=O) groups excluding carboxylic acids is 2. The number of esters is 2. The van der Waals surface area contributed by atoms with Gasteiger partial charge in [0.05, 0.1) is 13.2 Å². The number of hydrogen-bond acceptors (Lipinski definition) is 8. The molecule has 0 rings (SSSR count). The lowest BCUT2D eigenvalue weighted by molar-refractivity contribution is -0.161. The van der Waals surface area contributed by atoms with Gasteiger partial charge in [-0.05, 0) is 64.2 Å². The van der Waals surface area contributed by atoms with Crippen molar-refractivity contribution in [3.63, 3.8) is 0 Å². The van der Waals surface area contributed by atoms with E-state index >= 15 is 0 Å². The van der Waals surface area contributed by atoms with Crippen molar-refractivity contribution in [3.05, 3.63) is 72.9 Å². The van der Waals surface area contributed by atoms with Gasteiger partial charge in [-0.2, -0.15) is 0 Å². The summed E-state index contributed by atoms with van der Waals surface area (Å²) in [4.78, 5) is 35.3. The fourth-order valence-corrected chi connectivity index (χ4v) is 10.8. The number of phosphoric acid groups is 1. The average molecular weight is 1160 g/mol. The molecule has 2 atom stereocenters. The second-order valence-electron chi connectivity index (χ2n) is 23.0. The van der Waals surface area contributed by atoms with Crippen LogP contribution >= 0.6 is 7.82 Å². The molecule has 0 spiro atoms. The zero-order valence-electron chi connectivity index (χ0n) is 53.0. The topological polar surface area (TPSA) is 134 Å². The average Bonchev–Trinajstić information content (AvgIpc) is 3.46. The number of allylic oxidation sites excluding steroid dienone is 12. The molecule has 0 saturated carbocycles. The lowest BCUT2D eigenvalue weighted by atomic mass is 10.0. The highest BCUT2D eigenvalue weighted by atomic mass is 31.2. The van der Waals surface area contributed by atoms with Crippen molar-refractivity contribution >= 4 is 19.8 Å². The van der Waals surface area contributed by atoms with Gasteiger partial charge in [0.2, 0.25) is 0 Å². The molecule has 0 saturated heterocycles. The van der Waals surface area contributed by atoms with E-state index in [0.29, 0.717) is 6.42 Å². The number of phosphoric ester groups is 1. The number of rotatable bonds is 65. The Labute approximate surface area is 501 Å². The number of carbonyl (C=O) groups is 2. The number of nitrogens with two attached hydrogens (primary N) is 1. The summed E-state index contributed by atoms with van der Waals surface area (Å²) in [5.74, 6) is -0.834. The first kappa shape index (κ1) is 78.5. The van der Waals surface area contributed by atoms with Gasteiger partial charge >= 0.3 is 19.8 Å². The van der Waals surface area contributed by atoms with E-state index in [1.807, 2.05) is 0 Å². The Hall–Kier alpha value is -2.55. The van der Waals surface area contributed by atoms with E-state index in [1.165, 1.54) is 205 Å². The van der Waals surface area contributed by atoms with Gasteiger partial charge in [-0.3, -0.25) is 18.6 Å². The van der Waals surface area contributed by atoms with E-state index in [-0.39, 0.29) is 38.6 Å². The molecule has 10 heteroatoms. The van der Waals surface area contributed by atoms with E-state index < -0.39 is 26.5 Å². The molecule has 0 heterocycles. The maximum atomic E-state index is 12.7. The molecule has 0 bridgehead atoms. The zero-order chi connectivity index (χ0) is 58.7. The fourth-order valence-electron chi connectivity index (χ4n) is 10.1. The predicted octanol–water partition coefficient (Wildman–Crippen LogP) is 22.4. The third-order valence-corrected chi connectivity index (χ3v) is 16.1. The predicted molar refractivity (Wildman–Crippen MR) is 349 cm³/mol. The van der Waals surface area contributed by atoms with Crippen LogP contribution in [0.15, 0.2) is 72.9 Å². The van der Waals surface area contributed by atoms with Gasteiger partial charge < -0.3 is 20.1 Å². The molecule has 81 heavy (non-hydrogen) atoms. The third-order valence-electron chi connectivity index (χ3n) is 15.1. The molecule has 0 fully saturated rings. The van der Waals surface area contributed by atoms with Crippen LogP contribution in [0.1, 0.15) is 335 Å². The Morgan fingerprint density at radius 1 is 0.383 bits per heavy atom. The maximum Gasteiger partial charge on any atom is 0.472 e. The van der Waals surface area contributed by atoms with E-state index in [0.717, 1.165) is 96.3 Å². The van der Waals surface area contributed by atoms with Crippen molar-refractivity contribution in [2.45, 2.75) is 341 Å². The second kappa shape index (κ2) is 66.6. The van der Waals surface area contributed by atoms with Crippen LogP contribution in [0.5, 0.6) is 0 Å². The highest BCUT2D eigenvalue weighted by Crippen LogP contribution is 2.43. The van der Waals surface area contributed by atoms with Gasteiger partial charge in [0.15, 0.2) is 6.10 Å². The molecule has 0 aromatic heterocycles. The van der Waals surface area contributed by atoms with Crippen LogP contribution < -0.4 is 5.73 Å². The summed E-state index contributed by atoms with van der Waals surface area (Å²) in [5, 5.41) is 0. The van der Waals surface area contributed by atoms with Gasteiger partial charge in [0.25, 0.3) is 0 Å². The second-order valence-corrected chi connectivity index (χ2v) is 24.5. The first-order valence-corrected chi connectivity index (χ1v) is 35.9. The molecule has 472 valence electrons. The summed E-state index contributed by atoms with van der Waals surface area (Å²) in [5.41, 5.74) is 5.40. The highest BCUT2D eigenvalue weighted by molar-refractivity contribution is 7.47. The zero-order valence-corrected chi connectivity index (χ0v) is 53.9. The van der Waals surface area contributed by atoms with E-state index in [9.17, 15) is 19.0 Å². The van der Waals surface area contributed by atoms with Gasteiger partial charge in [0.1, 0.15) is 6.61 Å². The third kappa shape index (κ3) is 66.5. The van der Waals surface area contributed by atoms with E-state index in [4.69, 9.17) is 24.3 Å². The first-order chi connectivity index (χ1) is 39.8. The molecule has 0 aromatic carbocycles. The fraction of sp³-hybridized carbons (Fsp3) is 0.803. The largest absolute Gasteiger partial charge is 0.472 e. The Morgan fingerprint density at radius 3 is 1.01 bits per heavy atom. The normalized spacial score (nSPS) is 13.4. The number of unbranched alkanes of at least 4 members (excludes halogenated alkanes) is 40. The van der Waals surface area contributed by atoms with Gasteiger partial charge in [0, 0.05) is 19.4 Å². The lowest BCUT2D eigenvalue weighted by Crippen LogP contribution is -2.29. The molecule has 3 N–H and O–H groups in total. The summed E-state index contributed by atoms with van der Waals surface area (Å²) >= 11 is 0. The SMILES string of the molecule is CC/C=C\C/C=C\C/C=C\C/C=C\C/C=C\C/C=C\CCCCCCCCC(=O)OC(COC(=O)CCCCCCCCCCCCCCCCCCCCCCCCCCCCCCCCCCCCC)COP(=O)(O)OCCN. The quantitative estimate of drug-likeness (QED) is 0.0264. The Kier molecular flexibility index (Phi) is 64.5. The van der Waals surface area contributed by atoms with Crippen molar-refractivity contribution < 1.29 is 37.6 Å². The molecular weight excluding hydrogens is 1030 g/mol. The molecule has 0 aliphatic carbocycles. The standard InChI is InChI=1S/C71H130NO8P/c1-3-5-7-9-11-13-15-17-19-21-23-25-27-29-30-31-32-33-34-35-36-37-38-40-41-43-45-47-49-51-53-55-57-59-61-63-70(73)77-67-69(68-79-81(75,76)78-66-65-72)80-71(74)64-62-60-58-56-54-52-50-48-46-44-42-39-28-26-24-22-20-18-16-14-12-10-8-6-4-2/h6,8,12,14,18,20,24,26,39,42,46,48,69H,3-5,7,9-11,13,15-17,19,21-23,25,27-38,40-41,43-45,47,49-68,72H2,1-2H3,(H,75,76)/b8-6-,14-12-,20-18-,26-24-,42-39-,48-46-. The minimum Gasteiger partial charge on any atom is -0.462 e. The summed E-state index contributed by atoms with van der Waals surface area (Å²) in [6.45, 7) is 3.66. The van der Waals surface area contributed by atoms with Crippen LogP contribution in [-0.2, 0) is 32.7 Å². The summed E-state index contributed by atoms with van der Waals surface area (Å²) < 4.78 is 33.1. The van der Waals surface area contributed by atoms with Crippen LogP contribution in [-0.4, -0.2) is 49.3 Å². The number of ether oxygens (including phenoxy) is 2. The molecule has 0 aliphatic rings. The summed E-state index contributed by atoms with van der Waals surface area (Å²) in [6, 6.07) is 0.